The van der Waals surface area contributed by atoms with Crippen LogP contribution in [0.15, 0.2) is 77.7 Å². The van der Waals surface area contributed by atoms with E-state index in [-0.39, 0.29) is 17.4 Å². The van der Waals surface area contributed by atoms with Gasteiger partial charge in [0.2, 0.25) is 0 Å². The Morgan fingerprint density at radius 1 is 1.03 bits per heavy atom. The maximum Gasteiger partial charge on any atom is 0.262 e. The van der Waals surface area contributed by atoms with Crippen LogP contribution >= 0.6 is 23.4 Å². The van der Waals surface area contributed by atoms with Crippen molar-refractivity contribution in [3.05, 3.63) is 93.9 Å². The maximum absolute atomic E-state index is 13.8. The van der Waals surface area contributed by atoms with Crippen molar-refractivity contribution in [2.75, 3.05) is 12.4 Å². The molecule has 198 valence electrons. The second kappa shape index (κ2) is 12.2. The summed E-state index contributed by atoms with van der Waals surface area (Å²) in [5, 5.41) is 4.29. The van der Waals surface area contributed by atoms with E-state index in [1.165, 1.54) is 6.42 Å². The van der Waals surface area contributed by atoms with Crippen LogP contribution in [0.3, 0.4) is 0 Å². The van der Waals surface area contributed by atoms with E-state index in [2.05, 4.69) is 17.1 Å². The van der Waals surface area contributed by atoms with Crippen molar-refractivity contribution in [2.45, 2.75) is 50.8 Å². The number of para-hydroxylation sites is 1. The third-order valence-electron chi connectivity index (χ3n) is 7.22. The van der Waals surface area contributed by atoms with Gasteiger partial charge in [-0.3, -0.25) is 4.79 Å². The number of carbonyl (C=O) groups excluding carboxylic acids is 1. The van der Waals surface area contributed by atoms with Crippen LogP contribution in [0.5, 0.6) is 11.5 Å². The number of hydrogen-bond donors (Lipinski definition) is 1. The zero-order chi connectivity index (χ0) is 26.5. The van der Waals surface area contributed by atoms with E-state index in [1.54, 1.807) is 18.9 Å². The van der Waals surface area contributed by atoms with Gasteiger partial charge in [-0.25, -0.2) is 0 Å². The second-order valence-corrected chi connectivity index (χ2v) is 11.4. The average Bonchev–Trinajstić information content (AvgIpc) is 3.23. The number of rotatable bonds is 8. The Morgan fingerprint density at radius 3 is 2.53 bits per heavy atom. The molecule has 3 atom stereocenters. The molecule has 3 aromatic carbocycles. The highest BCUT2D eigenvalue weighted by molar-refractivity contribution is 8.05. The number of thioether (sulfide) groups is 1. The highest BCUT2D eigenvalue weighted by atomic mass is 35.5. The number of nitrogens with zero attached hydrogens (tertiary/aromatic N) is 1. The third-order valence-corrected chi connectivity index (χ3v) is 8.58. The van der Waals surface area contributed by atoms with Gasteiger partial charge in [-0.1, -0.05) is 79.5 Å². The fraction of sp³-hybridized carbons (Fsp3) is 0.323. The number of hydrogen-bond acceptors (Lipinski definition) is 5. The Morgan fingerprint density at radius 2 is 1.79 bits per heavy atom. The van der Waals surface area contributed by atoms with Crippen molar-refractivity contribution in [1.29, 1.82) is 0 Å². The third kappa shape index (κ3) is 6.13. The fourth-order valence-electron chi connectivity index (χ4n) is 5.15. The summed E-state index contributed by atoms with van der Waals surface area (Å²) in [6.07, 6.45) is 6.56. The molecule has 1 saturated heterocycles. The van der Waals surface area contributed by atoms with Crippen molar-refractivity contribution in [2.24, 2.45) is 5.92 Å². The first-order chi connectivity index (χ1) is 18.5. The van der Waals surface area contributed by atoms with E-state index >= 15 is 0 Å². The van der Waals surface area contributed by atoms with Gasteiger partial charge in [0, 0.05) is 16.8 Å². The summed E-state index contributed by atoms with van der Waals surface area (Å²) in [5.41, 5.74) is 2.78. The van der Waals surface area contributed by atoms with Gasteiger partial charge in [-0.15, -0.1) is 0 Å². The Labute approximate surface area is 234 Å². The highest BCUT2D eigenvalue weighted by Gasteiger charge is 2.42. The molecule has 1 heterocycles. The quantitative estimate of drug-likeness (QED) is 0.291. The highest BCUT2D eigenvalue weighted by Crippen LogP contribution is 2.42. The standard InChI is InChI=1S/C31H33ClN2O3S/c1-21-8-6-7-11-26(21)34-30(35)29(38-31(34)33-25-9-4-3-5-10-25)19-23-14-17-27(28(18-23)36-2)37-20-22-12-15-24(32)16-13-22/h3-5,9-10,12-19,21,26,31,33H,6-8,11,20H2,1-2H3/b29-19-/t21-,26+,31?/m1/s1. The molecular formula is C31H33ClN2O3S. The lowest BCUT2D eigenvalue weighted by Gasteiger charge is -2.39. The molecule has 5 nitrogen and oxygen atoms in total. The number of ether oxygens (including phenoxy) is 2. The molecule has 1 N–H and O–H groups in total. The van der Waals surface area contributed by atoms with E-state index in [4.69, 9.17) is 21.1 Å². The van der Waals surface area contributed by atoms with E-state index in [1.807, 2.05) is 78.9 Å². The van der Waals surface area contributed by atoms with Crippen molar-refractivity contribution >= 4 is 41.0 Å². The van der Waals surface area contributed by atoms with Gasteiger partial charge in [0.25, 0.3) is 5.91 Å². The first kappa shape index (κ1) is 26.5. The number of carbonyl (C=O) groups is 1. The van der Waals surface area contributed by atoms with Gasteiger partial charge in [0.15, 0.2) is 17.0 Å². The molecule has 1 saturated carbocycles. The lowest BCUT2D eigenvalue weighted by molar-refractivity contribution is -0.129. The molecule has 0 aromatic heterocycles. The minimum atomic E-state index is -0.148. The van der Waals surface area contributed by atoms with Gasteiger partial charge < -0.3 is 19.7 Å². The molecular weight excluding hydrogens is 516 g/mol. The molecule has 1 unspecified atom stereocenters. The van der Waals surface area contributed by atoms with E-state index in [0.717, 1.165) is 41.0 Å². The maximum atomic E-state index is 13.8. The molecule has 2 fully saturated rings. The number of amides is 1. The smallest absolute Gasteiger partial charge is 0.262 e. The predicted octanol–water partition coefficient (Wildman–Crippen LogP) is 7.82. The second-order valence-electron chi connectivity index (χ2n) is 9.86. The number of anilines is 1. The zero-order valence-corrected chi connectivity index (χ0v) is 23.3. The number of halogens is 1. The van der Waals surface area contributed by atoms with Crippen LogP contribution in [0.2, 0.25) is 5.02 Å². The van der Waals surface area contributed by atoms with Crippen molar-refractivity contribution in [1.82, 2.24) is 4.90 Å². The monoisotopic (exact) mass is 548 g/mol. The summed E-state index contributed by atoms with van der Waals surface area (Å²) in [4.78, 5) is 16.6. The first-order valence-electron chi connectivity index (χ1n) is 13.1. The predicted molar refractivity (Wildman–Crippen MR) is 156 cm³/mol. The van der Waals surface area contributed by atoms with Gasteiger partial charge in [-0.05, 0) is 72.4 Å². The SMILES string of the molecule is COc1cc(/C=C2\SC(Nc3ccccc3)N([C@H]3CCCC[C@H]3C)C2=O)ccc1OCc1ccc(Cl)cc1. The Hall–Kier alpha value is -3.09. The van der Waals surface area contributed by atoms with E-state index in [9.17, 15) is 4.79 Å². The summed E-state index contributed by atoms with van der Waals surface area (Å²) in [5.74, 6) is 1.84. The molecule has 1 aliphatic carbocycles. The number of methoxy groups -OCH3 is 1. The molecule has 1 aliphatic heterocycles. The lowest BCUT2D eigenvalue weighted by Crippen LogP contribution is -2.48. The topological polar surface area (TPSA) is 50.8 Å². The summed E-state index contributed by atoms with van der Waals surface area (Å²) >= 11 is 7.57. The molecule has 0 radical (unpaired) electrons. The van der Waals surface area contributed by atoms with Gasteiger partial charge in [0.05, 0.1) is 12.0 Å². The molecule has 38 heavy (non-hydrogen) atoms. The van der Waals surface area contributed by atoms with Crippen LogP contribution in [-0.4, -0.2) is 29.5 Å². The molecule has 3 aromatic rings. The number of nitrogens with one attached hydrogen (secondary N) is 1. The van der Waals surface area contributed by atoms with E-state index < -0.39 is 0 Å². The van der Waals surface area contributed by atoms with Crippen LogP contribution < -0.4 is 14.8 Å². The Kier molecular flexibility index (Phi) is 8.50. The van der Waals surface area contributed by atoms with Crippen LogP contribution in [0.1, 0.15) is 43.7 Å². The summed E-state index contributed by atoms with van der Waals surface area (Å²) in [6.45, 7) is 2.68. The van der Waals surface area contributed by atoms with Gasteiger partial charge in [0.1, 0.15) is 6.61 Å². The van der Waals surface area contributed by atoms with Crippen molar-refractivity contribution < 1.29 is 14.3 Å². The largest absolute Gasteiger partial charge is 0.493 e. The molecule has 0 bridgehead atoms. The van der Waals surface area contributed by atoms with Crippen LogP contribution in [0.4, 0.5) is 5.69 Å². The van der Waals surface area contributed by atoms with E-state index in [0.29, 0.717) is 29.0 Å². The van der Waals surface area contributed by atoms with Crippen LogP contribution in [0, 0.1) is 5.92 Å². The van der Waals surface area contributed by atoms with Crippen molar-refractivity contribution in [3.8, 4) is 11.5 Å². The normalized spacial score (nSPS) is 22.5. The minimum Gasteiger partial charge on any atom is -0.493 e. The summed E-state index contributed by atoms with van der Waals surface area (Å²) < 4.78 is 11.6. The summed E-state index contributed by atoms with van der Waals surface area (Å²) in [7, 11) is 1.63. The van der Waals surface area contributed by atoms with Crippen molar-refractivity contribution in [3.63, 3.8) is 0 Å². The first-order valence-corrected chi connectivity index (χ1v) is 14.4. The molecule has 1 amide bonds. The fourth-order valence-corrected chi connectivity index (χ4v) is 6.49. The minimum absolute atomic E-state index is 0.0872. The Balaban J connectivity index is 1.37. The van der Waals surface area contributed by atoms with Crippen LogP contribution in [0.25, 0.3) is 6.08 Å². The van der Waals surface area contributed by atoms with Gasteiger partial charge >= 0.3 is 0 Å². The molecule has 5 rings (SSSR count). The number of benzene rings is 3. The van der Waals surface area contributed by atoms with Crippen LogP contribution in [-0.2, 0) is 11.4 Å². The molecule has 7 heteroatoms. The lowest BCUT2D eigenvalue weighted by atomic mass is 9.85. The summed E-state index contributed by atoms with van der Waals surface area (Å²) in [6, 6.07) is 23.7. The molecule has 0 spiro atoms. The average molecular weight is 549 g/mol. The Bertz CT molecular complexity index is 1280. The van der Waals surface area contributed by atoms with Gasteiger partial charge in [-0.2, -0.15) is 0 Å². The zero-order valence-electron chi connectivity index (χ0n) is 21.7. The molecule has 2 aliphatic rings.